The number of carbonyl (C=O) groups excluding carboxylic acids is 1. The Morgan fingerprint density at radius 2 is 2.00 bits per heavy atom. The van der Waals surface area contributed by atoms with Crippen LogP contribution in [0.2, 0.25) is 0 Å². The van der Waals surface area contributed by atoms with Gasteiger partial charge in [-0.3, -0.25) is 4.79 Å². The van der Waals surface area contributed by atoms with Gasteiger partial charge in [-0.2, -0.15) is 0 Å². The molecule has 0 saturated carbocycles. The summed E-state index contributed by atoms with van der Waals surface area (Å²) in [7, 11) is 0. The Kier molecular flexibility index (Phi) is 3.56. The van der Waals surface area contributed by atoms with Crippen molar-refractivity contribution in [3.63, 3.8) is 0 Å². The molecule has 112 valence electrons. The Hall–Kier alpha value is -1.35. The minimum Gasteiger partial charge on any atom is -0.342 e. The summed E-state index contributed by atoms with van der Waals surface area (Å²) in [6, 6.07) is 6.67. The molecule has 3 rings (SSSR count). The highest BCUT2D eigenvalue weighted by atomic mass is 32.1. The van der Waals surface area contributed by atoms with Crippen LogP contribution < -0.4 is 0 Å². The van der Waals surface area contributed by atoms with Gasteiger partial charge in [-0.25, -0.2) is 0 Å². The van der Waals surface area contributed by atoms with Crippen LogP contribution in [0.4, 0.5) is 0 Å². The number of nitrogens with zero attached hydrogens (tertiary/aromatic N) is 1. The maximum Gasteiger partial charge on any atom is 0.165 e. The first-order chi connectivity index (χ1) is 9.89. The summed E-state index contributed by atoms with van der Waals surface area (Å²) in [6.07, 6.45) is 3.76. The number of ketones is 1. The normalized spacial score (nSPS) is 18.8. The van der Waals surface area contributed by atoms with Crippen LogP contribution in [0.1, 0.15) is 61.1 Å². The van der Waals surface area contributed by atoms with Crippen molar-refractivity contribution >= 4 is 17.1 Å². The Balaban J connectivity index is 2.09. The third-order valence-corrected chi connectivity index (χ3v) is 5.32. The smallest absolute Gasteiger partial charge is 0.165 e. The van der Waals surface area contributed by atoms with Crippen molar-refractivity contribution in [2.45, 2.75) is 46.6 Å². The highest BCUT2D eigenvalue weighted by Crippen LogP contribution is 2.39. The number of hydrogen-bond donors (Lipinski definition) is 0. The van der Waals surface area contributed by atoms with Crippen molar-refractivity contribution in [1.82, 2.24) is 4.57 Å². The molecule has 2 nitrogen and oxygen atoms in total. The second kappa shape index (κ2) is 5.13. The fourth-order valence-electron chi connectivity index (χ4n) is 3.47. The van der Waals surface area contributed by atoms with Crippen molar-refractivity contribution in [1.29, 1.82) is 0 Å². The lowest BCUT2D eigenvalue weighted by molar-refractivity contribution is 0.0909. The number of aromatic nitrogens is 1. The number of fused-ring (bicyclic) bond motifs is 1. The third-order valence-electron chi connectivity index (χ3n) is 4.38. The van der Waals surface area contributed by atoms with E-state index in [0.717, 1.165) is 12.0 Å². The summed E-state index contributed by atoms with van der Waals surface area (Å²) < 4.78 is 2.35. The predicted molar refractivity (Wildman–Crippen MR) is 88.2 cm³/mol. The van der Waals surface area contributed by atoms with Gasteiger partial charge < -0.3 is 4.57 Å². The fraction of sp³-hybridized carbons (Fsp3) is 0.500. The van der Waals surface area contributed by atoms with E-state index in [1.54, 1.807) is 11.3 Å². The van der Waals surface area contributed by atoms with E-state index < -0.39 is 0 Å². The lowest BCUT2D eigenvalue weighted by Crippen LogP contribution is -2.29. The first kappa shape index (κ1) is 14.6. The summed E-state index contributed by atoms with van der Waals surface area (Å²) in [5.74, 6) is 0.800. The molecule has 1 aliphatic carbocycles. The lowest BCUT2D eigenvalue weighted by atomic mass is 9.76. The molecule has 21 heavy (non-hydrogen) atoms. The highest BCUT2D eigenvalue weighted by molar-refractivity contribution is 7.10. The molecule has 1 atom stereocenters. The summed E-state index contributed by atoms with van der Waals surface area (Å²) in [4.78, 5) is 13.8. The summed E-state index contributed by atoms with van der Waals surface area (Å²) >= 11 is 1.80. The van der Waals surface area contributed by atoms with Gasteiger partial charge in [-0.15, -0.1) is 11.3 Å². The monoisotopic (exact) mass is 301 g/mol. The zero-order valence-electron chi connectivity index (χ0n) is 13.2. The Morgan fingerprint density at radius 1 is 1.24 bits per heavy atom. The summed E-state index contributed by atoms with van der Waals surface area (Å²) in [5, 5.41) is 2.13. The molecule has 0 aromatic carbocycles. The Labute approximate surface area is 130 Å². The lowest BCUT2D eigenvalue weighted by Gasteiger charge is -2.32. The molecule has 0 N–H and O–H groups in total. The molecule has 2 aromatic rings. The molecule has 0 amide bonds. The molecule has 0 bridgehead atoms. The first-order valence-electron chi connectivity index (χ1n) is 7.65. The first-order valence-corrected chi connectivity index (χ1v) is 8.53. The quantitative estimate of drug-likeness (QED) is 0.786. The zero-order chi connectivity index (χ0) is 15.2. The molecule has 0 radical (unpaired) electrons. The van der Waals surface area contributed by atoms with E-state index in [0.29, 0.717) is 24.2 Å². The molecule has 0 saturated heterocycles. The van der Waals surface area contributed by atoms with Gasteiger partial charge >= 0.3 is 0 Å². The number of Topliss-reactive ketones (excluding diaryl/α,β-unsaturated/α-hetero) is 1. The van der Waals surface area contributed by atoms with Crippen LogP contribution in [0.3, 0.4) is 0 Å². The van der Waals surface area contributed by atoms with Gasteiger partial charge in [0.15, 0.2) is 5.78 Å². The second-order valence-electron chi connectivity index (χ2n) is 7.23. The summed E-state index contributed by atoms with van der Waals surface area (Å²) in [5.41, 5.74) is 2.23. The van der Waals surface area contributed by atoms with Crippen molar-refractivity contribution < 1.29 is 4.79 Å². The van der Waals surface area contributed by atoms with Crippen LogP contribution in [0.5, 0.6) is 0 Å². The maximum absolute atomic E-state index is 12.4. The average Bonchev–Trinajstić information content (AvgIpc) is 2.99. The van der Waals surface area contributed by atoms with Crippen molar-refractivity contribution in [3.8, 4) is 0 Å². The molecule has 1 aliphatic rings. The van der Waals surface area contributed by atoms with E-state index in [1.165, 1.54) is 10.6 Å². The van der Waals surface area contributed by atoms with Crippen LogP contribution >= 0.6 is 11.3 Å². The number of hydrogen-bond acceptors (Lipinski definition) is 2. The number of thiophene rings is 1. The molecule has 0 spiro atoms. The fourth-order valence-corrected chi connectivity index (χ4v) is 4.47. The number of carbonyl (C=O) groups is 1. The van der Waals surface area contributed by atoms with Crippen LogP contribution in [0, 0.1) is 11.3 Å². The van der Waals surface area contributed by atoms with Gasteiger partial charge in [0.05, 0.1) is 6.04 Å². The van der Waals surface area contributed by atoms with Gasteiger partial charge in [0.1, 0.15) is 0 Å². The van der Waals surface area contributed by atoms with Gasteiger partial charge in [-0.05, 0) is 35.3 Å². The van der Waals surface area contributed by atoms with Crippen molar-refractivity contribution in [2.75, 3.05) is 0 Å². The highest BCUT2D eigenvalue weighted by Gasteiger charge is 2.34. The topological polar surface area (TPSA) is 22.0 Å². The zero-order valence-corrected chi connectivity index (χ0v) is 14.0. The maximum atomic E-state index is 12.4. The van der Waals surface area contributed by atoms with Gasteiger partial charge in [-0.1, -0.05) is 33.8 Å². The van der Waals surface area contributed by atoms with Crippen LogP contribution in [-0.2, 0) is 6.42 Å². The van der Waals surface area contributed by atoms with Gasteiger partial charge in [0.2, 0.25) is 0 Å². The largest absolute Gasteiger partial charge is 0.342 e. The van der Waals surface area contributed by atoms with Gasteiger partial charge in [0, 0.05) is 28.8 Å². The number of rotatable bonds is 3. The van der Waals surface area contributed by atoms with Gasteiger partial charge in [0.25, 0.3) is 0 Å². The predicted octanol–water partition coefficient (Wildman–Crippen LogP) is 4.95. The van der Waals surface area contributed by atoms with Crippen LogP contribution in [0.25, 0.3) is 0 Å². The minimum atomic E-state index is 0.0666. The van der Waals surface area contributed by atoms with E-state index in [-0.39, 0.29) is 5.41 Å². The molecule has 2 heterocycles. The van der Waals surface area contributed by atoms with E-state index >= 15 is 0 Å². The van der Waals surface area contributed by atoms with Crippen molar-refractivity contribution in [2.24, 2.45) is 11.3 Å². The molecule has 1 unspecified atom stereocenters. The van der Waals surface area contributed by atoms with E-state index in [1.807, 2.05) is 6.07 Å². The molecule has 0 fully saturated rings. The summed E-state index contributed by atoms with van der Waals surface area (Å²) in [6.45, 7) is 8.90. The standard InChI is InChI=1S/C18H23NOS/c1-12(2)17(16-6-5-9-21-16)19-8-7-13-14(19)10-18(3,4)11-15(13)20/h5-9,12,17H,10-11H2,1-4H3. The SMILES string of the molecule is CC(C)C(c1cccs1)n1ccc2c1CC(C)(C)CC2=O. The molecular formula is C18H23NOS. The Morgan fingerprint density at radius 3 is 2.62 bits per heavy atom. The van der Waals surface area contributed by atoms with E-state index in [2.05, 4.69) is 56.0 Å². The Bertz CT molecular complexity index is 649. The van der Waals surface area contributed by atoms with Crippen LogP contribution in [-0.4, -0.2) is 10.4 Å². The minimum absolute atomic E-state index is 0.0666. The van der Waals surface area contributed by atoms with Crippen molar-refractivity contribution in [3.05, 3.63) is 45.9 Å². The molecular weight excluding hydrogens is 278 g/mol. The molecule has 2 aromatic heterocycles. The third kappa shape index (κ3) is 2.59. The van der Waals surface area contributed by atoms with E-state index in [4.69, 9.17) is 0 Å². The second-order valence-corrected chi connectivity index (χ2v) is 8.21. The molecule has 3 heteroatoms. The molecule has 0 aliphatic heterocycles. The van der Waals surface area contributed by atoms with E-state index in [9.17, 15) is 4.79 Å². The average molecular weight is 301 g/mol. The van der Waals surface area contributed by atoms with Crippen LogP contribution in [0.15, 0.2) is 29.8 Å².